The van der Waals surface area contributed by atoms with E-state index in [1.807, 2.05) is 0 Å². The third-order valence-electron chi connectivity index (χ3n) is 3.58. The molecule has 62 valence electrons. The fraction of sp³-hybridized carbons (Fsp3) is 0.800. The van der Waals surface area contributed by atoms with Gasteiger partial charge in [0.1, 0.15) is 0 Å². The third-order valence-corrected chi connectivity index (χ3v) is 3.58. The van der Waals surface area contributed by atoms with Crippen molar-refractivity contribution in [1.82, 2.24) is 5.32 Å². The average molecular weight is 151 g/mol. The summed E-state index contributed by atoms with van der Waals surface area (Å²) >= 11 is 0. The summed E-state index contributed by atoms with van der Waals surface area (Å²) in [5.41, 5.74) is 1.94. The fourth-order valence-corrected chi connectivity index (χ4v) is 2.74. The number of allylic oxidation sites excluding steroid dienone is 1. The summed E-state index contributed by atoms with van der Waals surface area (Å²) in [7, 11) is 0. The van der Waals surface area contributed by atoms with Crippen molar-refractivity contribution in [3.05, 3.63) is 12.3 Å². The minimum atomic E-state index is 0.645. The number of hydrogen-bond donors (Lipinski definition) is 1. The first-order chi connectivity index (χ1) is 5.28. The molecule has 11 heavy (non-hydrogen) atoms. The Morgan fingerprint density at radius 1 is 1.64 bits per heavy atom. The summed E-state index contributed by atoms with van der Waals surface area (Å²) in [5.74, 6) is 0.774. The van der Waals surface area contributed by atoms with Crippen molar-refractivity contribution in [2.45, 2.75) is 32.6 Å². The van der Waals surface area contributed by atoms with Crippen LogP contribution >= 0.6 is 0 Å². The van der Waals surface area contributed by atoms with Gasteiger partial charge in [0.15, 0.2) is 0 Å². The second-order valence-corrected chi connectivity index (χ2v) is 4.06. The highest BCUT2D eigenvalue weighted by Gasteiger charge is 2.47. The largest absolute Gasteiger partial charge is 0.388 e. The maximum Gasteiger partial charge on any atom is 0.0206 e. The molecule has 0 aromatic heterocycles. The molecular weight excluding hydrogens is 134 g/mol. The maximum absolute atomic E-state index is 4.07. The molecule has 1 heterocycles. The van der Waals surface area contributed by atoms with Crippen LogP contribution in [0.2, 0.25) is 0 Å². The first-order valence-electron chi connectivity index (χ1n) is 4.71. The van der Waals surface area contributed by atoms with Crippen LogP contribution in [-0.2, 0) is 0 Å². The Morgan fingerprint density at radius 3 is 2.73 bits per heavy atom. The Hall–Kier alpha value is -0.460. The van der Waals surface area contributed by atoms with Gasteiger partial charge in [-0.05, 0) is 24.7 Å². The molecule has 1 heteroatoms. The van der Waals surface area contributed by atoms with Gasteiger partial charge in [-0.3, -0.25) is 0 Å². The van der Waals surface area contributed by atoms with Gasteiger partial charge >= 0.3 is 0 Å². The van der Waals surface area contributed by atoms with E-state index in [0.29, 0.717) is 5.41 Å². The molecule has 2 rings (SSSR count). The van der Waals surface area contributed by atoms with Gasteiger partial charge in [0.05, 0.1) is 0 Å². The summed E-state index contributed by atoms with van der Waals surface area (Å²) in [4.78, 5) is 0. The molecule has 2 aliphatic rings. The molecule has 2 fully saturated rings. The van der Waals surface area contributed by atoms with Gasteiger partial charge in [0, 0.05) is 18.2 Å². The van der Waals surface area contributed by atoms with Crippen molar-refractivity contribution in [2.24, 2.45) is 11.3 Å². The zero-order valence-corrected chi connectivity index (χ0v) is 7.32. The van der Waals surface area contributed by atoms with E-state index in [1.165, 1.54) is 37.9 Å². The predicted octanol–water partition coefficient (Wildman–Crippen LogP) is 2.30. The monoisotopic (exact) mass is 151 g/mol. The molecule has 1 N–H and O–H groups in total. The molecular formula is C10H17N. The standard InChI is InChI=1S/C10H17N/c1-3-9-8(2)11-7-10(9)5-4-6-10/h9,11H,2-7H2,1H3. The molecule has 1 aliphatic carbocycles. The van der Waals surface area contributed by atoms with Gasteiger partial charge in [0.2, 0.25) is 0 Å². The van der Waals surface area contributed by atoms with Crippen LogP contribution in [-0.4, -0.2) is 6.54 Å². The lowest BCUT2D eigenvalue weighted by Crippen LogP contribution is -2.36. The van der Waals surface area contributed by atoms with Crippen molar-refractivity contribution in [3.8, 4) is 0 Å². The van der Waals surface area contributed by atoms with Crippen LogP contribution in [0.25, 0.3) is 0 Å². The molecule has 0 amide bonds. The molecule has 1 nitrogen and oxygen atoms in total. The second kappa shape index (κ2) is 2.26. The quantitative estimate of drug-likeness (QED) is 0.606. The van der Waals surface area contributed by atoms with Crippen molar-refractivity contribution in [2.75, 3.05) is 6.54 Å². The van der Waals surface area contributed by atoms with Gasteiger partial charge in [-0.1, -0.05) is 19.9 Å². The molecule has 1 unspecified atom stereocenters. The Balaban J connectivity index is 2.16. The number of hydrogen-bond acceptors (Lipinski definition) is 1. The van der Waals surface area contributed by atoms with Crippen LogP contribution in [0.5, 0.6) is 0 Å². The van der Waals surface area contributed by atoms with E-state index < -0.39 is 0 Å². The molecule has 0 radical (unpaired) electrons. The number of nitrogens with one attached hydrogen (secondary N) is 1. The van der Waals surface area contributed by atoms with Crippen LogP contribution in [0.4, 0.5) is 0 Å². The topological polar surface area (TPSA) is 12.0 Å². The van der Waals surface area contributed by atoms with Gasteiger partial charge in [-0.2, -0.15) is 0 Å². The van der Waals surface area contributed by atoms with Gasteiger partial charge in [-0.15, -0.1) is 0 Å². The summed E-state index contributed by atoms with van der Waals surface area (Å²) in [6.07, 6.45) is 5.56. The summed E-state index contributed by atoms with van der Waals surface area (Å²) < 4.78 is 0. The van der Waals surface area contributed by atoms with E-state index in [1.54, 1.807) is 0 Å². The molecule has 1 aliphatic heterocycles. The van der Waals surface area contributed by atoms with Crippen molar-refractivity contribution >= 4 is 0 Å². The lowest BCUT2D eigenvalue weighted by molar-refractivity contribution is 0.103. The Bertz CT molecular complexity index is 179. The van der Waals surface area contributed by atoms with Crippen LogP contribution in [0.1, 0.15) is 32.6 Å². The van der Waals surface area contributed by atoms with Crippen molar-refractivity contribution in [3.63, 3.8) is 0 Å². The summed E-state index contributed by atoms with van der Waals surface area (Å²) in [6.45, 7) is 7.55. The highest BCUT2D eigenvalue weighted by atomic mass is 15.0. The first kappa shape index (κ1) is 7.20. The van der Waals surface area contributed by atoms with Crippen molar-refractivity contribution < 1.29 is 0 Å². The Labute approximate surface area is 68.9 Å². The SMILES string of the molecule is C=C1NCC2(CCC2)C1CC. The molecule has 0 bridgehead atoms. The van der Waals surface area contributed by atoms with E-state index in [2.05, 4.69) is 18.8 Å². The van der Waals surface area contributed by atoms with E-state index in [9.17, 15) is 0 Å². The van der Waals surface area contributed by atoms with Gasteiger partial charge in [-0.25, -0.2) is 0 Å². The number of rotatable bonds is 1. The van der Waals surface area contributed by atoms with E-state index in [0.717, 1.165) is 5.92 Å². The van der Waals surface area contributed by atoms with Gasteiger partial charge < -0.3 is 5.32 Å². The summed E-state index contributed by atoms with van der Waals surface area (Å²) in [5, 5.41) is 3.42. The van der Waals surface area contributed by atoms with E-state index in [4.69, 9.17) is 0 Å². The lowest BCUT2D eigenvalue weighted by Gasteiger charge is -2.42. The second-order valence-electron chi connectivity index (χ2n) is 4.06. The Morgan fingerprint density at radius 2 is 2.36 bits per heavy atom. The zero-order chi connectivity index (χ0) is 7.90. The molecule has 1 atom stereocenters. The predicted molar refractivity (Wildman–Crippen MR) is 47.2 cm³/mol. The molecule has 0 aromatic rings. The average Bonchev–Trinajstić information content (AvgIpc) is 2.25. The Kier molecular flexibility index (Phi) is 1.48. The third kappa shape index (κ3) is 0.831. The van der Waals surface area contributed by atoms with Gasteiger partial charge in [0.25, 0.3) is 0 Å². The van der Waals surface area contributed by atoms with Crippen LogP contribution in [0.3, 0.4) is 0 Å². The summed E-state index contributed by atoms with van der Waals surface area (Å²) in [6, 6.07) is 0. The molecule has 1 saturated carbocycles. The minimum Gasteiger partial charge on any atom is -0.388 e. The maximum atomic E-state index is 4.07. The smallest absolute Gasteiger partial charge is 0.0206 e. The highest BCUT2D eigenvalue weighted by molar-refractivity contribution is 5.15. The zero-order valence-electron chi connectivity index (χ0n) is 7.32. The van der Waals surface area contributed by atoms with E-state index in [-0.39, 0.29) is 0 Å². The van der Waals surface area contributed by atoms with Crippen LogP contribution < -0.4 is 5.32 Å². The fourth-order valence-electron chi connectivity index (χ4n) is 2.74. The first-order valence-corrected chi connectivity index (χ1v) is 4.71. The highest BCUT2D eigenvalue weighted by Crippen LogP contribution is 2.52. The normalized spacial score (nSPS) is 33.5. The van der Waals surface area contributed by atoms with Crippen molar-refractivity contribution in [1.29, 1.82) is 0 Å². The van der Waals surface area contributed by atoms with E-state index >= 15 is 0 Å². The molecule has 1 saturated heterocycles. The lowest BCUT2D eigenvalue weighted by atomic mass is 9.62. The van der Waals surface area contributed by atoms with Crippen LogP contribution in [0, 0.1) is 11.3 Å². The minimum absolute atomic E-state index is 0.645. The van der Waals surface area contributed by atoms with Crippen LogP contribution in [0.15, 0.2) is 12.3 Å². The molecule has 0 aromatic carbocycles. The molecule has 1 spiro atoms.